The largest absolute Gasteiger partial charge is 0.382 e. The van der Waals surface area contributed by atoms with Crippen molar-refractivity contribution in [3.8, 4) is 0 Å². The Hall–Kier alpha value is -5.87. The standard InChI is InChI=1S/C34H32N4O2S.C7H9N3/c1-25-17-19-30(20-18-25)41(39,40)38-32-24-34(26-11-6-4-7-12-26,27-13-10-16-29(23-27)37(2)3)22-21-31(32)33(36-38)35-28-14-8-5-9-15-28;8-7-5-3-1-2-4-6(5)9-10-7/h4-23H,24H2,1-3H3,(H,35,36);1,3H,2,4H2,(H3,8,9,10). The lowest BCUT2D eigenvalue weighted by atomic mass is 9.68. The van der Waals surface area contributed by atoms with E-state index in [1.807, 2.05) is 93.8 Å². The van der Waals surface area contributed by atoms with Gasteiger partial charge in [-0.25, -0.2) is 0 Å². The summed E-state index contributed by atoms with van der Waals surface area (Å²) in [6.07, 6.45) is 10.9. The van der Waals surface area contributed by atoms with Gasteiger partial charge in [0.05, 0.1) is 10.6 Å². The van der Waals surface area contributed by atoms with E-state index >= 15 is 0 Å². The SMILES string of the molecule is Cc1ccc(S(=O)(=O)n2nc(Nc3ccccc3)c3c2CC(c2ccccc2)(c2cccc(N(C)C)c2)C=C3)cc1.Nc1n[nH]c2c1C=CCC2. The van der Waals surface area contributed by atoms with E-state index in [-0.39, 0.29) is 4.90 Å². The minimum absolute atomic E-state index is 0.203. The van der Waals surface area contributed by atoms with Gasteiger partial charge in [0.2, 0.25) is 0 Å². The van der Waals surface area contributed by atoms with Gasteiger partial charge in [-0.05, 0) is 67.3 Å². The Morgan fingerprint density at radius 2 is 1.57 bits per heavy atom. The number of fused-ring (bicyclic) bond motifs is 2. The minimum atomic E-state index is -3.98. The lowest BCUT2D eigenvalue weighted by Crippen LogP contribution is -2.33. The van der Waals surface area contributed by atoms with E-state index in [0.29, 0.717) is 23.8 Å². The smallest absolute Gasteiger partial charge is 0.283 e. The first-order chi connectivity index (χ1) is 24.7. The molecule has 1 atom stereocenters. The van der Waals surface area contributed by atoms with Gasteiger partial charge in [-0.1, -0.05) is 103 Å². The number of nitrogens with one attached hydrogen (secondary N) is 2. The highest BCUT2D eigenvalue weighted by atomic mass is 32.2. The number of allylic oxidation sites excluding steroid dienone is 2. The summed E-state index contributed by atoms with van der Waals surface area (Å²) < 4.78 is 29.5. The average Bonchev–Trinajstić information content (AvgIpc) is 3.72. The summed E-state index contributed by atoms with van der Waals surface area (Å²) >= 11 is 0. The number of para-hydroxylation sites is 1. The maximum atomic E-state index is 14.2. The number of nitrogen functional groups attached to an aromatic ring is 1. The normalized spacial score (nSPS) is 16.1. The van der Waals surface area contributed by atoms with Crippen LogP contribution in [0.5, 0.6) is 0 Å². The van der Waals surface area contributed by atoms with Crippen molar-refractivity contribution < 1.29 is 8.42 Å². The molecule has 4 N–H and O–H groups in total. The van der Waals surface area contributed by atoms with Crippen molar-refractivity contribution in [1.82, 2.24) is 19.4 Å². The molecule has 9 nitrogen and oxygen atoms in total. The minimum Gasteiger partial charge on any atom is -0.382 e. The molecule has 0 saturated carbocycles. The second-order valence-corrected chi connectivity index (χ2v) is 14.9. The van der Waals surface area contributed by atoms with Crippen molar-refractivity contribution in [3.63, 3.8) is 0 Å². The third-order valence-electron chi connectivity index (χ3n) is 9.48. The molecule has 0 bridgehead atoms. The summed E-state index contributed by atoms with van der Waals surface area (Å²) in [5.41, 5.74) is 13.7. The first kappa shape index (κ1) is 33.6. The third-order valence-corrected chi connectivity index (χ3v) is 11.1. The highest BCUT2D eigenvalue weighted by Gasteiger charge is 2.40. The summed E-state index contributed by atoms with van der Waals surface area (Å²) in [4.78, 5) is 2.28. The monoisotopic (exact) mass is 695 g/mol. The predicted octanol–water partition coefficient (Wildman–Crippen LogP) is 7.75. The van der Waals surface area contributed by atoms with Crippen LogP contribution in [0.25, 0.3) is 12.2 Å². The Kier molecular flexibility index (Phi) is 9.10. The molecule has 4 aromatic carbocycles. The van der Waals surface area contributed by atoms with Crippen LogP contribution >= 0.6 is 0 Å². The molecule has 0 saturated heterocycles. The van der Waals surface area contributed by atoms with Gasteiger partial charge in [0, 0.05) is 54.1 Å². The Morgan fingerprint density at radius 1 is 0.863 bits per heavy atom. The second kappa shape index (κ2) is 13.8. The second-order valence-electron chi connectivity index (χ2n) is 13.1. The van der Waals surface area contributed by atoms with E-state index in [1.54, 1.807) is 12.1 Å². The Morgan fingerprint density at radius 3 is 2.27 bits per heavy atom. The van der Waals surface area contributed by atoms with Gasteiger partial charge in [-0.15, -0.1) is 5.10 Å². The molecule has 0 aliphatic heterocycles. The van der Waals surface area contributed by atoms with Crippen LogP contribution in [0, 0.1) is 6.92 Å². The van der Waals surface area contributed by atoms with Crippen molar-refractivity contribution in [2.24, 2.45) is 0 Å². The number of nitrogens with two attached hydrogens (primary N) is 1. The molecule has 0 radical (unpaired) electrons. The molecule has 2 aliphatic carbocycles. The molecule has 2 aromatic heterocycles. The fourth-order valence-corrected chi connectivity index (χ4v) is 7.98. The highest BCUT2D eigenvalue weighted by molar-refractivity contribution is 7.89. The van der Waals surface area contributed by atoms with Crippen LogP contribution in [0.1, 0.15) is 45.6 Å². The Labute approximate surface area is 299 Å². The van der Waals surface area contributed by atoms with Crippen molar-refractivity contribution in [2.75, 3.05) is 30.0 Å². The number of aromatic nitrogens is 4. The highest BCUT2D eigenvalue weighted by Crippen LogP contribution is 2.45. The first-order valence-corrected chi connectivity index (χ1v) is 18.4. The molecule has 8 rings (SSSR count). The molecule has 1 unspecified atom stereocenters. The molecule has 51 heavy (non-hydrogen) atoms. The zero-order valence-corrected chi connectivity index (χ0v) is 29.7. The number of aromatic amines is 1. The fourth-order valence-electron chi connectivity index (χ4n) is 6.66. The number of nitrogens with zero attached hydrogens (tertiary/aromatic N) is 4. The van der Waals surface area contributed by atoms with Gasteiger partial charge < -0.3 is 16.0 Å². The molecule has 2 heterocycles. The number of aryl methyl sites for hydroxylation is 2. The lowest BCUT2D eigenvalue weighted by molar-refractivity contribution is 0.565. The average molecular weight is 696 g/mol. The van der Waals surface area contributed by atoms with Crippen molar-refractivity contribution in [2.45, 2.75) is 36.5 Å². The summed E-state index contributed by atoms with van der Waals surface area (Å²) in [7, 11) is 0.0620. The zero-order chi connectivity index (χ0) is 35.6. The van der Waals surface area contributed by atoms with Crippen molar-refractivity contribution in [1.29, 1.82) is 0 Å². The van der Waals surface area contributed by atoms with E-state index in [4.69, 9.17) is 10.8 Å². The van der Waals surface area contributed by atoms with E-state index in [2.05, 4.69) is 69.0 Å². The molecule has 258 valence electrons. The number of H-pyrrole nitrogens is 1. The zero-order valence-electron chi connectivity index (χ0n) is 28.9. The van der Waals surface area contributed by atoms with Gasteiger partial charge in [0.25, 0.3) is 10.0 Å². The molecule has 6 aromatic rings. The van der Waals surface area contributed by atoms with E-state index < -0.39 is 15.4 Å². The number of hydrogen-bond donors (Lipinski definition) is 3. The first-order valence-electron chi connectivity index (χ1n) is 16.9. The van der Waals surface area contributed by atoms with Crippen LogP contribution in [0.15, 0.2) is 126 Å². The van der Waals surface area contributed by atoms with Crippen molar-refractivity contribution in [3.05, 3.63) is 161 Å². The third kappa shape index (κ3) is 6.58. The number of rotatable bonds is 7. The fraction of sp³-hybridized carbons (Fsp3) is 0.171. The Balaban J connectivity index is 0.000000347. The molecule has 0 fully saturated rings. The van der Waals surface area contributed by atoms with E-state index in [1.165, 1.54) is 9.78 Å². The number of anilines is 4. The van der Waals surface area contributed by atoms with Gasteiger partial charge in [-0.2, -0.15) is 17.6 Å². The maximum absolute atomic E-state index is 14.2. The summed E-state index contributed by atoms with van der Waals surface area (Å²) in [6, 6.07) is 35.3. The molecule has 2 aliphatic rings. The molecular formula is C41H41N7O2S. The molecule has 10 heteroatoms. The van der Waals surface area contributed by atoms with Crippen LogP contribution in [-0.2, 0) is 28.3 Å². The molecule has 0 amide bonds. The predicted molar refractivity (Wildman–Crippen MR) is 207 cm³/mol. The number of hydrogen-bond acceptors (Lipinski definition) is 7. The number of benzene rings is 4. The van der Waals surface area contributed by atoms with Gasteiger partial charge in [-0.3, -0.25) is 5.10 Å². The summed E-state index contributed by atoms with van der Waals surface area (Å²) in [6.45, 7) is 1.94. The molecule has 0 spiro atoms. The van der Waals surface area contributed by atoms with Crippen LogP contribution in [0.4, 0.5) is 23.0 Å². The topological polar surface area (TPSA) is 122 Å². The van der Waals surface area contributed by atoms with Gasteiger partial charge in [0.15, 0.2) is 11.6 Å². The van der Waals surface area contributed by atoms with E-state index in [0.717, 1.165) is 52.0 Å². The van der Waals surface area contributed by atoms with Crippen LogP contribution < -0.4 is 16.0 Å². The summed E-state index contributed by atoms with van der Waals surface area (Å²) in [5, 5.41) is 14.9. The quantitative estimate of drug-likeness (QED) is 0.156. The lowest BCUT2D eigenvalue weighted by Gasteiger charge is -2.35. The molecular weight excluding hydrogens is 655 g/mol. The maximum Gasteiger partial charge on any atom is 0.283 e. The van der Waals surface area contributed by atoms with Crippen LogP contribution in [0.3, 0.4) is 0 Å². The van der Waals surface area contributed by atoms with E-state index in [9.17, 15) is 8.42 Å². The van der Waals surface area contributed by atoms with Crippen molar-refractivity contribution >= 4 is 45.2 Å². The summed E-state index contributed by atoms with van der Waals surface area (Å²) in [5.74, 6) is 1.12. The van der Waals surface area contributed by atoms with Crippen LogP contribution in [0.2, 0.25) is 0 Å². The van der Waals surface area contributed by atoms with Gasteiger partial charge in [0.1, 0.15) is 0 Å². The van der Waals surface area contributed by atoms with Gasteiger partial charge >= 0.3 is 0 Å². The van der Waals surface area contributed by atoms with Crippen LogP contribution in [-0.4, -0.2) is 41.9 Å². The Bertz CT molecular complexity index is 2320.